The molecule has 0 saturated carbocycles. The van der Waals surface area contributed by atoms with E-state index in [2.05, 4.69) is 70.2 Å². The smallest absolute Gasteiger partial charge is 0.116 e. The first-order valence-electron chi connectivity index (χ1n) is 13.9. The molecule has 0 fully saturated rings. The number of aromatic nitrogens is 4. The minimum Gasteiger partial charge on any atom is -0.326 e. The van der Waals surface area contributed by atoms with Gasteiger partial charge in [0.25, 0.3) is 0 Å². The van der Waals surface area contributed by atoms with E-state index in [9.17, 15) is 0 Å². The molecule has 4 aromatic carbocycles. The average Bonchev–Trinajstić information content (AvgIpc) is 3.06. The molecule has 0 bridgehead atoms. The fourth-order valence-corrected chi connectivity index (χ4v) is 5.08. The molecule has 7 heteroatoms. The maximum atomic E-state index is 5.84. The SMILES string of the molecule is Cc1c(-c2ccccc2)ncnc1-c1ccccc1CN.Cc1c(-c2ccccc2)ncnc1-c1ccccc1CN.[Ir]. The molecule has 6 aromatic rings. The van der Waals surface area contributed by atoms with E-state index < -0.39 is 0 Å². The van der Waals surface area contributed by atoms with Crippen LogP contribution in [-0.2, 0) is 33.2 Å². The van der Waals surface area contributed by atoms with Crippen LogP contribution >= 0.6 is 0 Å². The molecule has 0 saturated heterocycles. The summed E-state index contributed by atoms with van der Waals surface area (Å²) < 4.78 is 0. The van der Waals surface area contributed by atoms with Crippen molar-refractivity contribution in [2.75, 3.05) is 0 Å². The van der Waals surface area contributed by atoms with Gasteiger partial charge in [-0.1, -0.05) is 109 Å². The molecule has 6 rings (SSSR count). The van der Waals surface area contributed by atoms with Crippen molar-refractivity contribution >= 4 is 0 Å². The van der Waals surface area contributed by atoms with Gasteiger partial charge in [-0.2, -0.15) is 0 Å². The van der Waals surface area contributed by atoms with Gasteiger partial charge in [0.2, 0.25) is 0 Å². The summed E-state index contributed by atoms with van der Waals surface area (Å²) in [7, 11) is 0. The van der Waals surface area contributed by atoms with Gasteiger partial charge in [-0.15, -0.1) is 0 Å². The zero-order chi connectivity index (χ0) is 29.3. The van der Waals surface area contributed by atoms with E-state index in [-0.39, 0.29) is 20.1 Å². The van der Waals surface area contributed by atoms with E-state index in [0.29, 0.717) is 13.1 Å². The van der Waals surface area contributed by atoms with Crippen LogP contribution in [0.15, 0.2) is 122 Å². The van der Waals surface area contributed by atoms with Gasteiger partial charge in [-0.05, 0) is 25.0 Å². The van der Waals surface area contributed by atoms with E-state index in [1.54, 1.807) is 12.7 Å². The van der Waals surface area contributed by atoms with Crippen molar-refractivity contribution in [3.63, 3.8) is 0 Å². The summed E-state index contributed by atoms with van der Waals surface area (Å²) in [5, 5.41) is 0. The quantitative estimate of drug-likeness (QED) is 0.188. The standard InChI is InChI=1S/2C18H17N3.Ir/c2*1-13-17(14-7-3-2-4-8-14)20-12-21-18(13)16-10-6-5-9-15(16)11-19;/h2*2-10,12H,11,19H2,1H3;. The summed E-state index contributed by atoms with van der Waals surface area (Å²) in [6.07, 6.45) is 3.25. The van der Waals surface area contributed by atoms with E-state index in [1.807, 2.05) is 72.8 Å². The van der Waals surface area contributed by atoms with Crippen molar-refractivity contribution in [1.82, 2.24) is 19.9 Å². The largest absolute Gasteiger partial charge is 0.326 e. The Morgan fingerprint density at radius 2 is 0.767 bits per heavy atom. The average molecular weight is 743 g/mol. The second kappa shape index (κ2) is 15.2. The van der Waals surface area contributed by atoms with Gasteiger partial charge in [0.1, 0.15) is 12.7 Å². The van der Waals surface area contributed by atoms with Crippen LogP contribution in [0.5, 0.6) is 0 Å². The molecule has 0 aliphatic carbocycles. The van der Waals surface area contributed by atoms with Crippen LogP contribution in [0.2, 0.25) is 0 Å². The van der Waals surface area contributed by atoms with E-state index in [0.717, 1.165) is 67.3 Å². The zero-order valence-electron chi connectivity index (χ0n) is 24.2. The van der Waals surface area contributed by atoms with Crippen LogP contribution in [0.3, 0.4) is 0 Å². The Balaban J connectivity index is 0.000000192. The predicted octanol–water partition coefficient (Wildman–Crippen LogP) is 7.15. The predicted molar refractivity (Wildman–Crippen MR) is 171 cm³/mol. The third-order valence-corrected chi connectivity index (χ3v) is 7.25. The van der Waals surface area contributed by atoms with Crippen LogP contribution in [0.4, 0.5) is 0 Å². The van der Waals surface area contributed by atoms with Gasteiger partial charge in [-0.25, -0.2) is 19.9 Å². The molecule has 0 atom stereocenters. The van der Waals surface area contributed by atoms with E-state index in [1.165, 1.54) is 0 Å². The topological polar surface area (TPSA) is 104 Å². The number of benzene rings is 4. The third-order valence-electron chi connectivity index (χ3n) is 7.25. The second-order valence-corrected chi connectivity index (χ2v) is 9.85. The molecule has 0 amide bonds. The summed E-state index contributed by atoms with van der Waals surface area (Å²) in [6, 6.07) is 36.6. The summed E-state index contributed by atoms with van der Waals surface area (Å²) in [6.45, 7) is 5.12. The Kier molecular flexibility index (Phi) is 11.1. The van der Waals surface area contributed by atoms with Crippen molar-refractivity contribution in [2.24, 2.45) is 11.5 Å². The molecule has 0 aliphatic rings. The first-order chi connectivity index (χ1) is 20.6. The molecule has 0 spiro atoms. The Labute approximate surface area is 266 Å². The summed E-state index contributed by atoms with van der Waals surface area (Å²) in [5.74, 6) is 0. The molecule has 1 radical (unpaired) electrons. The molecule has 6 nitrogen and oxygen atoms in total. The number of rotatable bonds is 6. The molecule has 217 valence electrons. The third kappa shape index (κ3) is 7.16. The van der Waals surface area contributed by atoms with Crippen molar-refractivity contribution < 1.29 is 20.1 Å². The maximum Gasteiger partial charge on any atom is 0.116 e. The minimum atomic E-state index is 0. The number of nitrogens with zero attached hydrogens (tertiary/aromatic N) is 4. The number of hydrogen-bond acceptors (Lipinski definition) is 6. The van der Waals surface area contributed by atoms with Gasteiger partial charge < -0.3 is 11.5 Å². The molecule has 2 aromatic heterocycles. The van der Waals surface area contributed by atoms with E-state index >= 15 is 0 Å². The van der Waals surface area contributed by atoms with Gasteiger partial charge in [0.05, 0.1) is 22.8 Å². The van der Waals surface area contributed by atoms with E-state index in [4.69, 9.17) is 11.5 Å². The molecule has 2 heterocycles. The van der Waals surface area contributed by atoms with Crippen LogP contribution in [0.25, 0.3) is 45.0 Å². The first kappa shape index (κ1) is 31.5. The minimum absolute atomic E-state index is 0. The zero-order valence-corrected chi connectivity index (χ0v) is 26.6. The first-order valence-corrected chi connectivity index (χ1v) is 13.9. The fraction of sp³-hybridized carbons (Fsp3) is 0.111. The monoisotopic (exact) mass is 743 g/mol. The van der Waals surface area contributed by atoms with Crippen LogP contribution in [-0.4, -0.2) is 19.9 Å². The molecule has 43 heavy (non-hydrogen) atoms. The van der Waals surface area contributed by atoms with Gasteiger partial charge in [-0.3, -0.25) is 0 Å². The number of nitrogens with two attached hydrogens (primary N) is 2. The van der Waals surface area contributed by atoms with Gasteiger partial charge in [0.15, 0.2) is 0 Å². The summed E-state index contributed by atoms with van der Waals surface area (Å²) in [4.78, 5) is 17.8. The Bertz CT molecular complexity index is 1640. The van der Waals surface area contributed by atoms with Gasteiger partial charge in [0, 0.05) is 66.6 Å². The van der Waals surface area contributed by atoms with Gasteiger partial charge >= 0.3 is 0 Å². The normalized spacial score (nSPS) is 10.3. The van der Waals surface area contributed by atoms with Crippen LogP contribution in [0.1, 0.15) is 22.3 Å². The van der Waals surface area contributed by atoms with Crippen molar-refractivity contribution in [3.8, 4) is 45.0 Å². The number of hydrogen-bond donors (Lipinski definition) is 2. The van der Waals surface area contributed by atoms with Crippen LogP contribution < -0.4 is 11.5 Å². The van der Waals surface area contributed by atoms with Crippen molar-refractivity contribution in [2.45, 2.75) is 26.9 Å². The summed E-state index contributed by atoms with van der Waals surface area (Å²) in [5.41, 5.74) is 24.2. The maximum absolute atomic E-state index is 5.84. The fourth-order valence-electron chi connectivity index (χ4n) is 5.08. The molecule has 0 unspecified atom stereocenters. The Morgan fingerprint density at radius 3 is 1.14 bits per heavy atom. The molecule has 0 aliphatic heterocycles. The molecule has 4 N–H and O–H groups in total. The van der Waals surface area contributed by atoms with Crippen LogP contribution in [0, 0.1) is 13.8 Å². The van der Waals surface area contributed by atoms with Crippen molar-refractivity contribution in [3.05, 3.63) is 144 Å². The summed E-state index contributed by atoms with van der Waals surface area (Å²) >= 11 is 0. The Morgan fingerprint density at radius 1 is 0.442 bits per heavy atom. The molecular weight excluding hydrogens is 709 g/mol. The Hall–Kier alpha value is -4.39. The van der Waals surface area contributed by atoms with Crippen molar-refractivity contribution in [1.29, 1.82) is 0 Å². The molecular formula is C36H34IrN6. The second-order valence-electron chi connectivity index (χ2n) is 9.85.